The van der Waals surface area contributed by atoms with Crippen LogP contribution in [0.2, 0.25) is 0 Å². The molecule has 1 rings (SSSR count). The summed E-state index contributed by atoms with van der Waals surface area (Å²) in [6.07, 6.45) is 8.21. The van der Waals surface area contributed by atoms with Crippen LogP contribution in [0.4, 0.5) is 0 Å². The third kappa shape index (κ3) is 6.29. The number of rotatable bonds is 6. The topological polar surface area (TPSA) is 15.3 Å². The lowest BCUT2D eigenvalue weighted by Gasteiger charge is -2.25. The Morgan fingerprint density at radius 1 is 1.12 bits per heavy atom. The molecule has 1 aliphatic heterocycles. The SMILES string of the molecule is C=C(CNCCC)CN1CCCCCCC1. The maximum atomic E-state index is 4.17. The summed E-state index contributed by atoms with van der Waals surface area (Å²) in [5.74, 6) is 0. The Labute approximate surface area is 101 Å². The van der Waals surface area contributed by atoms with Crippen molar-refractivity contribution in [1.82, 2.24) is 10.2 Å². The van der Waals surface area contributed by atoms with Crippen molar-refractivity contribution >= 4 is 0 Å². The lowest BCUT2D eigenvalue weighted by molar-refractivity contribution is 0.265. The van der Waals surface area contributed by atoms with Crippen LogP contribution in [-0.4, -0.2) is 37.6 Å². The maximum absolute atomic E-state index is 4.17. The largest absolute Gasteiger partial charge is 0.313 e. The van der Waals surface area contributed by atoms with Crippen LogP contribution in [0.1, 0.15) is 45.4 Å². The molecule has 16 heavy (non-hydrogen) atoms. The molecule has 0 aromatic rings. The predicted octanol–water partition coefficient (Wildman–Crippen LogP) is 2.81. The summed E-state index contributed by atoms with van der Waals surface area (Å²) in [4.78, 5) is 2.58. The zero-order valence-electron chi connectivity index (χ0n) is 10.9. The van der Waals surface area contributed by atoms with Crippen molar-refractivity contribution in [1.29, 1.82) is 0 Å². The van der Waals surface area contributed by atoms with E-state index in [9.17, 15) is 0 Å². The van der Waals surface area contributed by atoms with Crippen LogP contribution in [-0.2, 0) is 0 Å². The van der Waals surface area contributed by atoms with Crippen LogP contribution in [0.5, 0.6) is 0 Å². The highest BCUT2D eigenvalue weighted by Crippen LogP contribution is 2.11. The summed E-state index contributed by atoms with van der Waals surface area (Å²) in [6, 6.07) is 0. The molecule has 2 nitrogen and oxygen atoms in total. The first kappa shape index (κ1) is 13.7. The summed E-state index contributed by atoms with van der Waals surface area (Å²) < 4.78 is 0. The predicted molar refractivity (Wildman–Crippen MR) is 71.8 cm³/mol. The van der Waals surface area contributed by atoms with Gasteiger partial charge in [-0.1, -0.05) is 32.8 Å². The van der Waals surface area contributed by atoms with Crippen molar-refractivity contribution in [2.24, 2.45) is 0 Å². The van der Waals surface area contributed by atoms with E-state index in [1.807, 2.05) is 0 Å². The lowest BCUT2D eigenvalue weighted by Crippen LogP contribution is -2.31. The van der Waals surface area contributed by atoms with Gasteiger partial charge in [-0.2, -0.15) is 0 Å². The van der Waals surface area contributed by atoms with Crippen LogP contribution in [0.3, 0.4) is 0 Å². The number of hydrogen-bond acceptors (Lipinski definition) is 2. The Morgan fingerprint density at radius 2 is 1.75 bits per heavy atom. The van der Waals surface area contributed by atoms with Gasteiger partial charge in [-0.05, 0) is 44.5 Å². The number of likely N-dealkylation sites (tertiary alicyclic amines) is 1. The van der Waals surface area contributed by atoms with Crippen molar-refractivity contribution in [3.05, 3.63) is 12.2 Å². The molecule has 0 saturated carbocycles. The zero-order valence-corrected chi connectivity index (χ0v) is 10.9. The first-order valence-corrected chi connectivity index (χ1v) is 6.92. The van der Waals surface area contributed by atoms with E-state index in [2.05, 4.69) is 23.7 Å². The van der Waals surface area contributed by atoms with E-state index < -0.39 is 0 Å². The van der Waals surface area contributed by atoms with Gasteiger partial charge in [-0.25, -0.2) is 0 Å². The molecule has 0 bridgehead atoms. The van der Waals surface area contributed by atoms with Crippen LogP contribution in [0.15, 0.2) is 12.2 Å². The molecular formula is C14H28N2. The molecule has 1 heterocycles. The summed E-state index contributed by atoms with van der Waals surface area (Å²) in [6.45, 7) is 12.1. The van der Waals surface area contributed by atoms with Crippen molar-refractivity contribution in [2.45, 2.75) is 45.4 Å². The van der Waals surface area contributed by atoms with E-state index in [-0.39, 0.29) is 0 Å². The second-order valence-corrected chi connectivity index (χ2v) is 4.97. The fraction of sp³-hybridized carbons (Fsp3) is 0.857. The zero-order chi connectivity index (χ0) is 11.6. The Hall–Kier alpha value is -0.340. The van der Waals surface area contributed by atoms with Crippen molar-refractivity contribution < 1.29 is 0 Å². The van der Waals surface area contributed by atoms with Gasteiger partial charge in [0.2, 0.25) is 0 Å². The normalized spacial score (nSPS) is 19.1. The van der Waals surface area contributed by atoms with Gasteiger partial charge in [0.05, 0.1) is 0 Å². The molecule has 0 unspecified atom stereocenters. The van der Waals surface area contributed by atoms with Crippen LogP contribution in [0, 0.1) is 0 Å². The maximum Gasteiger partial charge on any atom is 0.0202 e. The van der Waals surface area contributed by atoms with Crippen molar-refractivity contribution in [3.8, 4) is 0 Å². The molecule has 0 radical (unpaired) electrons. The molecule has 1 saturated heterocycles. The van der Waals surface area contributed by atoms with E-state index in [0.717, 1.165) is 19.6 Å². The minimum absolute atomic E-state index is 0.990. The summed E-state index contributed by atoms with van der Waals surface area (Å²) in [5, 5.41) is 3.43. The Kier molecular flexibility index (Phi) is 7.52. The molecule has 1 fully saturated rings. The average molecular weight is 224 g/mol. The summed E-state index contributed by atoms with van der Waals surface area (Å²) >= 11 is 0. The van der Waals surface area contributed by atoms with Gasteiger partial charge < -0.3 is 5.32 Å². The number of hydrogen-bond donors (Lipinski definition) is 1. The third-order valence-electron chi connectivity index (χ3n) is 3.20. The van der Waals surface area contributed by atoms with E-state index in [1.165, 1.54) is 57.2 Å². The van der Waals surface area contributed by atoms with Gasteiger partial charge in [-0.3, -0.25) is 4.90 Å². The van der Waals surface area contributed by atoms with E-state index in [4.69, 9.17) is 0 Å². The fourth-order valence-corrected chi connectivity index (χ4v) is 2.29. The Morgan fingerprint density at radius 3 is 2.38 bits per heavy atom. The van der Waals surface area contributed by atoms with Crippen LogP contribution in [0.25, 0.3) is 0 Å². The quantitative estimate of drug-likeness (QED) is 0.551. The average Bonchev–Trinajstić information content (AvgIpc) is 2.22. The highest BCUT2D eigenvalue weighted by molar-refractivity contribution is 4.99. The van der Waals surface area contributed by atoms with E-state index in [1.54, 1.807) is 0 Å². The molecule has 0 aromatic heterocycles. The Balaban J connectivity index is 2.14. The molecule has 0 amide bonds. The smallest absolute Gasteiger partial charge is 0.0202 e. The summed E-state index contributed by atoms with van der Waals surface area (Å²) in [7, 11) is 0. The monoisotopic (exact) mass is 224 g/mol. The second kappa shape index (κ2) is 8.77. The Bertz CT molecular complexity index is 181. The number of nitrogens with zero attached hydrogens (tertiary/aromatic N) is 1. The van der Waals surface area contributed by atoms with Gasteiger partial charge in [-0.15, -0.1) is 0 Å². The molecule has 94 valence electrons. The van der Waals surface area contributed by atoms with Gasteiger partial charge in [0.1, 0.15) is 0 Å². The van der Waals surface area contributed by atoms with E-state index >= 15 is 0 Å². The summed E-state index contributed by atoms with van der Waals surface area (Å²) in [5.41, 5.74) is 1.34. The first-order valence-electron chi connectivity index (χ1n) is 6.92. The van der Waals surface area contributed by atoms with Crippen LogP contribution < -0.4 is 5.32 Å². The molecule has 0 aromatic carbocycles. The molecular weight excluding hydrogens is 196 g/mol. The molecule has 2 heteroatoms. The molecule has 0 aliphatic carbocycles. The second-order valence-electron chi connectivity index (χ2n) is 4.97. The van der Waals surface area contributed by atoms with Crippen molar-refractivity contribution in [3.63, 3.8) is 0 Å². The minimum atomic E-state index is 0.990. The molecule has 1 N–H and O–H groups in total. The van der Waals surface area contributed by atoms with Crippen molar-refractivity contribution in [2.75, 3.05) is 32.7 Å². The van der Waals surface area contributed by atoms with Gasteiger partial charge in [0.15, 0.2) is 0 Å². The van der Waals surface area contributed by atoms with E-state index in [0.29, 0.717) is 0 Å². The first-order chi connectivity index (χ1) is 7.83. The minimum Gasteiger partial charge on any atom is -0.313 e. The van der Waals surface area contributed by atoms with Gasteiger partial charge in [0, 0.05) is 13.1 Å². The molecule has 0 atom stereocenters. The highest BCUT2D eigenvalue weighted by atomic mass is 15.1. The molecule has 1 aliphatic rings. The lowest BCUT2D eigenvalue weighted by atomic mass is 10.1. The number of nitrogens with one attached hydrogen (secondary N) is 1. The van der Waals surface area contributed by atoms with Gasteiger partial charge in [0.25, 0.3) is 0 Å². The third-order valence-corrected chi connectivity index (χ3v) is 3.20. The fourth-order valence-electron chi connectivity index (χ4n) is 2.29. The standard InChI is InChI=1S/C14H28N2/c1-3-9-15-12-14(2)13-16-10-7-5-4-6-8-11-16/h15H,2-13H2,1H3. The molecule has 0 spiro atoms. The van der Waals surface area contributed by atoms with Crippen LogP contribution >= 0.6 is 0 Å². The highest BCUT2D eigenvalue weighted by Gasteiger charge is 2.08. The van der Waals surface area contributed by atoms with Gasteiger partial charge >= 0.3 is 0 Å².